The summed E-state index contributed by atoms with van der Waals surface area (Å²) in [5, 5.41) is 0. The number of hydrogen-bond donors (Lipinski definition) is 0. The Morgan fingerprint density at radius 3 is 2.53 bits per heavy atom. The van der Waals surface area contributed by atoms with E-state index >= 15 is 0 Å². The highest BCUT2D eigenvalue weighted by molar-refractivity contribution is 5.79. The minimum Gasteiger partial charge on any atom is -0.497 e. The van der Waals surface area contributed by atoms with Crippen molar-refractivity contribution in [2.45, 2.75) is 25.8 Å². The lowest BCUT2D eigenvalue weighted by molar-refractivity contribution is -0.134. The lowest BCUT2D eigenvalue weighted by Crippen LogP contribution is -2.34. The molecule has 0 bridgehead atoms. The molecule has 1 atom stereocenters. The maximum Gasteiger partial charge on any atom is 0.261 e. The van der Waals surface area contributed by atoms with Gasteiger partial charge in [0.1, 0.15) is 11.5 Å². The molecule has 2 aromatic rings. The number of methoxy groups -OCH3 is 3. The molecule has 1 heterocycles. The number of rotatable bonds is 8. The van der Waals surface area contributed by atoms with E-state index in [1.807, 2.05) is 60.4 Å². The molecule has 0 aliphatic carbocycles. The second-order valence-electron chi connectivity index (χ2n) is 7.05. The fourth-order valence-electron chi connectivity index (χ4n) is 3.80. The summed E-state index contributed by atoms with van der Waals surface area (Å²) in [4.78, 5) is 14.8. The zero-order valence-corrected chi connectivity index (χ0v) is 18.0. The van der Waals surface area contributed by atoms with Gasteiger partial charge in [-0.3, -0.25) is 4.79 Å². The van der Waals surface area contributed by atoms with E-state index in [0.717, 1.165) is 35.5 Å². The van der Waals surface area contributed by atoms with Crippen LogP contribution in [0.15, 0.2) is 42.5 Å². The van der Waals surface area contributed by atoms with Crippen LogP contribution in [0.25, 0.3) is 6.08 Å². The molecule has 0 N–H and O–H groups in total. The van der Waals surface area contributed by atoms with Crippen LogP contribution in [0.5, 0.6) is 23.0 Å². The van der Waals surface area contributed by atoms with Crippen molar-refractivity contribution in [3.05, 3.63) is 53.6 Å². The maximum atomic E-state index is 13.0. The van der Waals surface area contributed by atoms with Gasteiger partial charge in [-0.15, -0.1) is 0 Å². The van der Waals surface area contributed by atoms with E-state index in [9.17, 15) is 4.79 Å². The quantitative estimate of drug-likeness (QED) is 0.641. The van der Waals surface area contributed by atoms with Crippen LogP contribution in [-0.4, -0.2) is 45.3 Å². The Labute approximate surface area is 178 Å². The molecule has 1 amide bonds. The average Bonchev–Trinajstić information content (AvgIpc) is 3.27. The fraction of sp³-hybridized carbons (Fsp3) is 0.375. The number of allylic oxidation sites excluding steroid dienone is 1. The number of nitrogens with zero attached hydrogens (tertiary/aromatic N) is 1. The summed E-state index contributed by atoms with van der Waals surface area (Å²) in [7, 11) is 4.85. The smallest absolute Gasteiger partial charge is 0.261 e. The third-order valence-corrected chi connectivity index (χ3v) is 5.27. The SMILES string of the molecule is C/C=C/c1ccc(OCC(=O)N2CCCC2c2ccc(OC)cc2OC)c(OC)c1. The van der Waals surface area contributed by atoms with E-state index in [-0.39, 0.29) is 18.6 Å². The number of benzene rings is 2. The van der Waals surface area contributed by atoms with Crippen molar-refractivity contribution in [1.82, 2.24) is 4.90 Å². The Kier molecular flexibility index (Phi) is 7.22. The zero-order valence-electron chi connectivity index (χ0n) is 18.0. The molecule has 6 heteroatoms. The molecule has 1 aliphatic heterocycles. The first-order valence-corrected chi connectivity index (χ1v) is 10.1. The highest BCUT2D eigenvalue weighted by atomic mass is 16.5. The van der Waals surface area contributed by atoms with E-state index in [0.29, 0.717) is 18.0 Å². The van der Waals surface area contributed by atoms with Gasteiger partial charge in [-0.25, -0.2) is 0 Å². The van der Waals surface area contributed by atoms with Crippen molar-refractivity contribution in [2.24, 2.45) is 0 Å². The number of ether oxygens (including phenoxy) is 4. The minimum atomic E-state index is -0.0602. The Hall–Kier alpha value is -3.15. The predicted molar refractivity (Wildman–Crippen MR) is 116 cm³/mol. The number of hydrogen-bond acceptors (Lipinski definition) is 5. The first-order valence-electron chi connectivity index (χ1n) is 10.1. The summed E-state index contributed by atoms with van der Waals surface area (Å²) in [6, 6.07) is 11.3. The lowest BCUT2D eigenvalue weighted by atomic mass is 10.0. The van der Waals surface area contributed by atoms with Gasteiger partial charge in [0.05, 0.1) is 27.4 Å². The van der Waals surface area contributed by atoms with Gasteiger partial charge < -0.3 is 23.8 Å². The van der Waals surface area contributed by atoms with E-state index in [1.54, 1.807) is 21.3 Å². The van der Waals surface area contributed by atoms with E-state index in [4.69, 9.17) is 18.9 Å². The summed E-state index contributed by atoms with van der Waals surface area (Å²) < 4.78 is 22.1. The van der Waals surface area contributed by atoms with E-state index < -0.39 is 0 Å². The third kappa shape index (κ3) is 4.70. The van der Waals surface area contributed by atoms with Crippen molar-refractivity contribution in [3.63, 3.8) is 0 Å². The van der Waals surface area contributed by atoms with Gasteiger partial charge in [0.2, 0.25) is 0 Å². The van der Waals surface area contributed by atoms with Crippen molar-refractivity contribution in [1.29, 1.82) is 0 Å². The van der Waals surface area contributed by atoms with E-state index in [1.165, 1.54) is 0 Å². The number of carbonyl (C=O) groups is 1. The number of amides is 1. The van der Waals surface area contributed by atoms with Gasteiger partial charge >= 0.3 is 0 Å². The summed E-state index contributed by atoms with van der Waals surface area (Å²) in [6.07, 6.45) is 5.76. The van der Waals surface area contributed by atoms with Crippen molar-refractivity contribution >= 4 is 12.0 Å². The molecule has 6 nitrogen and oxygen atoms in total. The molecule has 1 saturated heterocycles. The van der Waals surface area contributed by atoms with Crippen molar-refractivity contribution in [2.75, 3.05) is 34.5 Å². The van der Waals surface area contributed by atoms with Crippen LogP contribution in [0.1, 0.15) is 36.9 Å². The molecule has 1 unspecified atom stereocenters. The van der Waals surface area contributed by atoms with Gasteiger partial charge in [0.15, 0.2) is 18.1 Å². The van der Waals surface area contributed by atoms with Crippen LogP contribution in [0, 0.1) is 0 Å². The van der Waals surface area contributed by atoms with Crippen LogP contribution >= 0.6 is 0 Å². The van der Waals surface area contributed by atoms with Crippen LogP contribution in [0.3, 0.4) is 0 Å². The Morgan fingerprint density at radius 2 is 1.83 bits per heavy atom. The second-order valence-corrected chi connectivity index (χ2v) is 7.05. The Balaban J connectivity index is 1.73. The van der Waals surface area contributed by atoms with Crippen LogP contribution in [0.4, 0.5) is 0 Å². The second kappa shape index (κ2) is 10.1. The van der Waals surface area contributed by atoms with Crippen LogP contribution in [0.2, 0.25) is 0 Å². The molecular formula is C24H29NO5. The van der Waals surface area contributed by atoms with Gasteiger partial charge in [0.25, 0.3) is 5.91 Å². The van der Waals surface area contributed by atoms with Crippen LogP contribution in [-0.2, 0) is 4.79 Å². The first kappa shape index (κ1) is 21.6. The molecule has 1 aliphatic rings. The van der Waals surface area contributed by atoms with Crippen molar-refractivity contribution in [3.8, 4) is 23.0 Å². The normalized spacial score (nSPS) is 16.0. The largest absolute Gasteiger partial charge is 0.497 e. The summed E-state index contributed by atoms with van der Waals surface area (Å²) in [5.41, 5.74) is 2.00. The average molecular weight is 411 g/mol. The molecule has 0 aromatic heterocycles. The zero-order chi connectivity index (χ0) is 21.5. The van der Waals surface area contributed by atoms with Crippen molar-refractivity contribution < 1.29 is 23.7 Å². The minimum absolute atomic E-state index is 0.0408. The standard InChI is InChI=1S/C24H29NO5/c1-5-7-17-9-12-21(23(14-17)29-4)30-16-24(26)25-13-6-8-20(25)19-11-10-18(27-2)15-22(19)28-3/h5,7,9-12,14-15,20H,6,8,13,16H2,1-4H3/b7-5+. The topological polar surface area (TPSA) is 57.2 Å². The van der Waals surface area contributed by atoms with Gasteiger partial charge in [0, 0.05) is 18.2 Å². The molecule has 3 rings (SSSR count). The molecule has 1 fully saturated rings. The Bertz CT molecular complexity index is 908. The van der Waals surface area contributed by atoms with Crippen LogP contribution < -0.4 is 18.9 Å². The molecule has 0 spiro atoms. The van der Waals surface area contributed by atoms with Gasteiger partial charge in [-0.2, -0.15) is 0 Å². The predicted octanol–water partition coefficient (Wildman–Crippen LogP) is 4.49. The Morgan fingerprint density at radius 1 is 1.03 bits per heavy atom. The third-order valence-electron chi connectivity index (χ3n) is 5.27. The highest BCUT2D eigenvalue weighted by Gasteiger charge is 2.32. The van der Waals surface area contributed by atoms with E-state index in [2.05, 4.69) is 0 Å². The summed E-state index contributed by atoms with van der Waals surface area (Å²) in [5.74, 6) is 2.55. The monoisotopic (exact) mass is 411 g/mol. The molecule has 2 aromatic carbocycles. The first-order chi connectivity index (χ1) is 14.6. The van der Waals surface area contributed by atoms with Gasteiger partial charge in [-0.05, 0) is 49.6 Å². The maximum absolute atomic E-state index is 13.0. The number of likely N-dealkylation sites (tertiary alicyclic amines) is 1. The molecule has 30 heavy (non-hydrogen) atoms. The highest BCUT2D eigenvalue weighted by Crippen LogP contribution is 2.39. The molecule has 0 saturated carbocycles. The lowest BCUT2D eigenvalue weighted by Gasteiger charge is -2.26. The summed E-state index contributed by atoms with van der Waals surface area (Å²) >= 11 is 0. The molecular weight excluding hydrogens is 382 g/mol. The number of carbonyl (C=O) groups excluding carboxylic acids is 1. The summed E-state index contributed by atoms with van der Waals surface area (Å²) in [6.45, 7) is 2.60. The molecule has 160 valence electrons. The van der Waals surface area contributed by atoms with Gasteiger partial charge in [-0.1, -0.05) is 18.2 Å². The molecule has 0 radical (unpaired) electrons. The fourth-order valence-corrected chi connectivity index (χ4v) is 3.80.